The van der Waals surface area contributed by atoms with Crippen molar-refractivity contribution < 1.29 is 0 Å². The van der Waals surface area contributed by atoms with Crippen LogP contribution in [0, 0.1) is 5.92 Å². The molecule has 1 aliphatic carbocycles. The van der Waals surface area contributed by atoms with Gasteiger partial charge in [-0.15, -0.1) is 10.2 Å². The first-order chi connectivity index (χ1) is 10.3. The molecule has 1 fully saturated rings. The molecular formula is C16H21N5. The molecule has 5 heteroatoms. The summed E-state index contributed by atoms with van der Waals surface area (Å²) in [7, 11) is 0. The van der Waals surface area contributed by atoms with Crippen LogP contribution in [-0.4, -0.2) is 26.3 Å². The maximum absolute atomic E-state index is 4.56. The number of nitrogens with one attached hydrogen (secondary N) is 1. The van der Waals surface area contributed by atoms with Gasteiger partial charge in [0.05, 0.1) is 6.04 Å². The summed E-state index contributed by atoms with van der Waals surface area (Å²) in [5.41, 5.74) is 1.21. The molecule has 5 nitrogen and oxygen atoms in total. The molecule has 2 aromatic heterocycles. The Kier molecular flexibility index (Phi) is 3.22. The monoisotopic (exact) mass is 283 g/mol. The van der Waals surface area contributed by atoms with Crippen LogP contribution in [0.25, 0.3) is 0 Å². The van der Waals surface area contributed by atoms with Gasteiger partial charge in [0.1, 0.15) is 5.82 Å². The third-order valence-electron chi connectivity index (χ3n) is 4.98. The predicted molar refractivity (Wildman–Crippen MR) is 79.9 cm³/mol. The second-order valence-corrected chi connectivity index (χ2v) is 6.25. The van der Waals surface area contributed by atoms with Gasteiger partial charge in [0.15, 0.2) is 5.82 Å². The average molecular weight is 283 g/mol. The standard InChI is InChI=1S/C16H21N5/c1-11-3-2-4-13(11)15-19-20-16-14(18-9-10-21(15)16)12-5-7-17-8-6-12/h5-8,11,13-14,18H,2-4,9-10H2,1H3. The normalized spacial score (nSPS) is 28.5. The molecular weight excluding hydrogens is 262 g/mol. The topological polar surface area (TPSA) is 55.6 Å². The van der Waals surface area contributed by atoms with Gasteiger partial charge in [0.2, 0.25) is 0 Å². The van der Waals surface area contributed by atoms with Gasteiger partial charge >= 0.3 is 0 Å². The summed E-state index contributed by atoms with van der Waals surface area (Å²) < 4.78 is 2.36. The highest BCUT2D eigenvalue weighted by atomic mass is 15.3. The number of rotatable bonds is 2. The van der Waals surface area contributed by atoms with Crippen molar-refractivity contribution in [2.45, 2.75) is 44.7 Å². The van der Waals surface area contributed by atoms with E-state index in [2.05, 4.69) is 44.1 Å². The first kappa shape index (κ1) is 13.0. The van der Waals surface area contributed by atoms with Gasteiger partial charge in [-0.3, -0.25) is 4.98 Å². The molecule has 3 unspecified atom stereocenters. The fourth-order valence-corrected chi connectivity index (χ4v) is 3.81. The molecule has 110 valence electrons. The Morgan fingerprint density at radius 1 is 1.14 bits per heavy atom. The zero-order valence-corrected chi connectivity index (χ0v) is 12.4. The SMILES string of the molecule is CC1CCCC1c1nnc2n1CCNC2c1ccncc1. The first-order valence-corrected chi connectivity index (χ1v) is 7.91. The summed E-state index contributed by atoms with van der Waals surface area (Å²) in [6.07, 6.45) is 7.57. The fraction of sp³-hybridized carbons (Fsp3) is 0.562. The van der Waals surface area contributed by atoms with Crippen LogP contribution in [0.15, 0.2) is 24.5 Å². The van der Waals surface area contributed by atoms with Gasteiger partial charge in [-0.2, -0.15) is 0 Å². The van der Waals surface area contributed by atoms with E-state index in [0.717, 1.165) is 24.8 Å². The highest BCUT2D eigenvalue weighted by Gasteiger charge is 2.33. The van der Waals surface area contributed by atoms with Crippen molar-refractivity contribution >= 4 is 0 Å². The highest BCUT2D eigenvalue weighted by Crippen LogP contribution is 2.39. The van der Waals surface area contributed by atoms with Gasteiger partial charge in [0.25, 0.3) is 0 Å². The second-order valence-electron chi connectivity index (χ2n) is 6.25. The van der Waals surface area contributed by atoms with Crippen molar-refractivity contribution in [3.8, 4) is 0 Å². The van der Waals surface area contributed by atoms with Gasteiger partial charge in [-0.25, -0.2) is 0 Å². The molecule has 0 spiro atoms. The molecule has 2 aromatic rings. The lowest BCUT2D eigenvalue weighted by molar-refractivity contribution is 0.421. The largest absolute Gasteiger partial charge is 0.312 e. The minimum absolute atomic E-state index is 0.139. The molecule has 4 rings (SSSR count). The van der Waals surface area contributed by atoms with Crippen molar-refractivity contribution in [1.82, 2.24) is 25.1 Å². The van der Waals surface area contributed by atoms with Crippen molar-refractivity contribution in [3.63, 3.8) is 0 Å². The third kappa shape index (κ3) is 2.16. The lowest BCUT2D eigenvalue weighted by Gasteiger charge is -2.26. The van der Waals surface area contributed by atoms with E-state index < -0.39 is 0 Å². The molecule has 1 N–H and O–H groups in total. The van der Waals surface area contributed by atoms with Gasteiger partial charge in [-0.1, -0.05) is 13.3 Å². The smallest absolute Gasteiger partial charge is 0.154 e. The molecule has 1 aliphatic heterocycles. The van der Waals surface area contributed by atoms with E-state index in [1.807, 2.05) is 12.4 Å². The van der Waals surface area contributed by atoms with Crippen LogP contribution in [0.4, 0.5) is 0 Å². The van der Waals surface area contributed by atoms with Crippen LogP contribution >= 0.6 is 0 Å². The van der Waals surface area contributed by atoms with Crippen LogP contribution in [0.5, 0.6) is 0 Å². The zero-order valence-electron chi connectivity index (χ0n) is 12.4. The molecule has 1 saturated carbocycles. The fourth-order valence-electron chi connectivity index (χ4n) is 3.81. The van der Waals surface area contributed by atoms with Gasteiger partial charge in [-0.05, 0) is 36.5 Å². The van der Waals surface area contributed by atoms with Crippen molar-refractivity contribution in [2.24, 2.45) is 5.92 Å². The lowest BCUT2D eigenvalue weighted by Crippen LogP contribution is -2.35. The van der Waals surface area contributed by atoms with E-state index in [1.54, 1.807) is 0 Å². The first-order valence-electron chi connectivity index (χ1n) is 7.91. The maximum atomic E-state index is 4.56. The molecule has 2 aliphatic rings. The summed E-state index contributed by atoms with van der Waals surface area (Å²) in [5.74, 6) is 3.58. The molecule has 3 atom stereocenters. The van der Waals surface area contributed by atoms with Gasteiger partial charge < -0.3 is 9.88 Å². The highest BCUT2D eigenvalue weighted by molar-refractivity contribution is 5.25. The number of fused-ring (bicyclic) bond motifs is 1. The predicted octanol–water partition coefficient (Wildman–Crippen LogP) is 2.27. The molecule has 0 bridgehead atoms. The van der Waals surface area contributed by atoms with Crippen molar-refractivity contribution in [2.75, 3.05) is 6.54 Å². The number of aromatic nitrogens is 4. The number of hydrogen-bond donors (Lipinski definition) is 1. The average Bonchev–Trinajstić information content (AvgIpc) is 3.13. The number of nitrogens with zero attached hydrogens (tertiary/aromatic N) is 4. The third-order valence-corrected chi connectivity index (χ3v) is 4.98. The van der Waals surface area contributed by atoms with Crippen LogP contribution in [0.3, 0.4) is 0 Å². The maximum Gasteiger partial charge on any atom is 0.154 e. The van der Waals surface area contributed by atoms with E-state index in [0.29, 0.717) is 5.92 Å². The van der Waals surface area contributed by atoms with Crippen LogP contribution in [0.2, 0.25) is 0 Å². The second kappa shape index (κ2) is 5.22. The minimum atomic E-state index is 0.139. The summed E-state index contributed by atoms with van der Waals surface area (Å²) in [6.45, 7) is 4.29. The summed E-state index contributed by atoms with van der Waals surface area (Å²) in [6, 6.07) is 4.25. The van der Waals surface area contributed by atoms with E-state index in [1.165, 1.54) is 30.7 Å². The molecule has 21 heavy (non-hydrogen) atoms. The summed E-state index contributed by atoms with van der Waals surface area (Å²) in [5, 5.41) is 12.6. The summed E-state index contributed by atoms with van der Waals surface area (Å²) in [4.78, 5) is 4.10. The summed E-state index contributed by atoms with van der Waals surface area (Å²) >= 11 is 0. The molecule has 0 radical (unpaired) electrons. The van der Waals surface area contributed by atoms with Crippen LogP contribution < -0.4 is 5.32 Å². The quantitative estimate of drug-likeness (QED) is 0.918. The zero-order chi connectivity index (χ0) is 14.2. The molecule has 0 saturated heterocycles. The Hall–Kier alpha value is -1.75. The Bertz CT molecular complexity index is 621. The molecule has 0 amide bonds. The Morgan fingerprint density at radius 3 is 2.71 bits per heavy atom. The molecule has 0 aromatic carbocycles. The lowest BCUT2D eigenvalue weighted by atomic mass is 9.97. The molecule has 3 heterocycles. The Balaban J connectivity index is 1.72. The van der Waals surface area contributed by atoms with Crippen molar-refractivity contribution in [1.29, 1.82) is 0 Å². The van der Waals surface area contributed by atoms with E-state index in [4.69, 9.17) is 0 Å². The Morgan fingerprint density at radius 2 is 1.95 bits per heavy atom. The van der Waals surface area contributed by atoms with Crippen LogP contribution in [-0.2, 0) is 6.54 Å². The van der Waals surface area contributed by atoms with E-state index in [9.17, 15) is 0 Å². The number of pyridine rings is 1. The number of hydrogen-bond acceptors (Lipinski definition) is 4. The Labute approximate surface area is 124 Å². The van der Waals surface area contributed by atoms with E-state index in [-0.39, 0.29) is 6.04 Å². The van der Waals surface area contributed by atoms with Gasteiger partial charge in [0, 0.05) is 31.4 Å². The van der Waals surface area contributed by atoms with Crippen LogP contribution in [0.1, 0.15) is 55.4 Å². The van der Waals surface area contributed by atoms with Crippen molar-refractivity contribution in [3.05, 3.63) is 41.7 Å². The minimum Gasteiger partial charge on any atom is -0.312 e. The van der Waals surface area contributed by atoms with E-state index >= 15 is 0 Å².